The van der Waals surface area contributed by atoms with Crippen molar-refractivity contribution < 1.29 is 4.79 Å². The number of carbonyl (C=O) groups excluding carboxylic acids is 1. The highest BCUT2D eigenvalue weighted by Crippen LogP contribution is 2.28. The standard InChI is InChI=1S/C14H13Cl2N3O/c1-18(2)9-12(14(20)19-7-3-6-17-19)11-5-4-10(15)8-13(11)16/h3-9H,1-2H3. The summed E-state index contributed by atoms with van der Waals surface area (Å²) >= 11 is 12.1. The maximum atomic E-state index is 12.5. The Morgan fingerprint density at radius 2 is 2.10 bits per heavy atom. The van der Waals surface area contributed by atoms with Gasteiger partial charge < -0.3 is 4.90 Å². The molecule has 0 fully saturated rings. The molecular weight excluding hydrogens is 297 g/mol. The van der Waals surface area contributed by atoms with E-state index in [9.17, 15) is 4.79 Å². The van der Waals surface area contributed by atoms with Crippen molar-refractivity contribution in [2.45, 2.75) is 0 Å². The lowest BCUT2D eigenvalue weighted by molar-refractivity contribution is 0.0964. The van der Waals surface area contributed by atoms with Gasteiger partial charge >= 0.3 is 0 Å². The molecule has 20 heavy (non-hydrogen) atoms. The minimum absolute atomic E-state index is 0.257. The summed E-state index contributed by atoms with van der Waals surface area (Å²) in [6.07, 6.45) is 4.85. The van der Waals surface area contributed by atoms with E-state index in [-0.39, 0.29) is 5.91 Å². The third kappa shape index (κ3) is 3.21. The number of allylic oxidation sites excluding steroid dienone is 1. The van der Waals surface area contributed by atoms with E-state index < -0.39 is 0 Å². The Kier molecular flexibility index (Phi) is 4.47. The van der Waals surface area contributed by atoms with E-state index in [1.54, 1.807) is 47.8 Å². The molecule has 2 aromatic rings. The topological polar surface area (TPSA) is 38.1 Å². The first-order chi connectivity index (χ1) is 9.49. The Labute approximate surface area is 127 Å². The van der Waals surface area contributed by atoms with Crippen molar-refractivity contribution in [1.82, 2.24) is 14.7 Å². The van der Waals surface area contributed by atoms with Crippen molar-refractivity contribution in [3.63, 3.8) is 0 Å². The molecule has 0 saturated carbocycles. The van der Waals surface area contributed by atoms with Gasteiger partial charge in [-0.25, -0.2) is 4.68 Å². The molecule has 6 heteroatoms. The minimum atomic E-state index is -0.257. The number of hydrogen-bond acceptors (Lipinski definition) is 3. The summed E-state index contributed by atoms with van der Waals surface area (Å²) in [5, 5.41) is 4.90. The normalized spacial score (nSPS) is 11.5. The molecule has 1 aromatic heterocycles. The number of carbonyl (C=O) groups is 1. The van der Waals surface area contributed by atoms with Gasteiger partial charge in [-0.1, -0.05) is 29.3 Å². The zero-order chi connectivity index (χ0) is 14.7. The first-order valence-electron chi connectivity index (χ1n) is 5.87. The van der Waals surface area contributed by atoms with Gasteiger partial charge in [-0.05, 0) is 18.2 Å². The van der Waals surface area contributed by atoms with Gasteiger partial charge in [-0.15, -0.1) is 0 Å². The van der Waals surface area contributed by atoms with Crippen LogP contribution in [0, 0.1) is 0 Å². The van der Waals surface area contributed by atoms with E-state index in [0.29, 0.717) is 21.2 Å². The third-order valence-corrected chi connectivity index (χ3v) is 3.10. The lowest BCUT2D eigenvalue weighted by atomic mass is 10.1. The lowest BCUT2D eigenvalue weighted by Gasteiger charge is -2.13. The quantitative estimate of drug-likeness (QED) is 0.815. The second-order valence-corrected chi connectivity index (χ2v) is 5.23. The molecule has 0 spiro atoms. The van der Waals surface area contributed by atoms with Gasteiger partial charge in [-0.2, -0.15) is 5.10 Å². The number of aromatic nitrogens is 2. The highest BCUT2D eigenvalue weighted by atomic mass is 35.5. The van der Waals surface area contributed by atoms with Gasteiger partial charge in [0.05, 0.1) is 10.6 Å². The average molecular weight is 310 g/mol. The van der Waals surface area contributed by atoms with Crippen LogP contribution in [0.1, 0.15) is 10.4 Å². The number of halogens is 2. The van der Waals surface area contributed by atoms with Crippen LogP contribution in [0.2, 0.25) is 10.0 Å². The van der Waals surface area contributed by atoms with Crippen LogP contribution in [-0.4, -0.2) is 34.7 Å². The molecule has 0 unspecified atom stereocenters. The fraction of sp³-hybridized carbons (Fsp3) is 0.143. The summed E-state index contributed by atoms with van der Waals surface area (Å²) < 4.78 is 1.26. The van der Waals surface area contributed by atoms with E-state index >= 15 is 0 Å². The smallest absolute Gasteiger partial charge is 0.280 e. The molecular formula is C14H13Cl2N3O. The van der Waals surface area contributed by atoms with Crippen LogP contribution in [0.15, 0.2) is 42.9 Å². The first kappa shape index (κ1) is 14.6. The van der Waals surface area contributed by atoms with Gasteiger partial charge in [0.15, 0.2) is 0 Å². The zero-order valence-corrected chi connectivity index (χ0v) is 12.6. The number of rotatable bonds is 3. The SMILES string of the molecule is CN(C)C=C(C(=O)n1cccn1)c1ccc(Cl)cc1Cl. The highest BCUT2D eigenvalue weighted by Gasteiger charge is 2.17. The number of nitrogens with zero attached hydrogens (tertiary/aromatic N) is 3. The summed E-state index contributed by atoms with van der Waals surface area (Å²) in [6.45, 7) is 0. The summed E-state index contributed by atoms with van der Waals surface area (Å²) in [7, 11) is 3.67. The van der Waals surface area contributed by atoms with Crippen molar-refractivity contribution in [2.24, 2.45) is 0 Å². The van der Waals surface area contributed by atoms with Crippen LogP contribution in [0.25, 0.3) is 5.57 Å². The molecule has 0 saturated heterocycles. The molecule has 0 amide bonds. The van der Waals surface area contributed by atoms with Crippen molar-refractivity contribution in [1.29, 1.82) is 0 Å². The molecule has 0 aliphatic rings. The maximum Gasteiger partial charge on any atom is 0.280 e. The van der Waals surface area contributed by atoms with E-state index in [1.165, 1.54) is 4.68 Å². The van der Waals surface area contributed by atoms with Crippen molar-refractivity contribution in [3.8, 4) is 0 Å². The van der Waals surface area contributed by atoms with Crippen LogP contribution in [0.4, 0.5) is 0 Å². The molecule has 0 aliphatic carbocycles. The minimum Gasteiger partial charge on any atom is -0.383 e. The van der Waals surface area contributed by atoms with Crippen LogP contribution >= 0.6 is 23.2 Å². The average Bonchev–Trinajstić information content (AvgIpc) is 2.89. The van der Waals surface area contributed by atoms with Crippen LogP contribution < -0.4 is 0 Å². The van der Waals surface area contributed by atoms with E-state index in [4.69, 9.17) is 23.2 Å². The zero-order valence-electron chi connectivity index (χ0n) is 11.0. The number of hydrogen-bond donors (Lipinski definition) is 0. The molecule has 0 radical (unpaired) electrons. The van der Waals surface area contributed by atoms with Gasteiger partial charge in [0.2, 0.25) is 0 Å². The molecule has 104 valence electrons. The fourth-order valence-corrected chi connectivity index (χ4v) is 2.23. The summed E-state index contributed by atoms with van der Waals surface area (Å²) in [5.41, 5.74) is 1.06. The Bertz CT molecular complexity index is 648. The molecule has 1 heterocycles. The molecule has 0 aliphatic heterocycles. The van der Waals surface area contributed by atoms with E-state index in [1.807, 2.05) is 14.1 Å². The van der Waals surface area contributed by atoms with Gasteiger partial charge in [0.1, 0.15) is 0 Å². The third-order valence-electron chi connectivity index (χ3n) is 2.55. The predicted octanol–water partition coefficient (Wildman–Crippen LogP) is 3.43. The Hall–Kier alpha value is -1.78. The fourth-order valence-electron chi connectivity index (χ4n) is 1.72. The second kappa shape index (κ2) is 6.11. The molecule has 0 bridgehead atoms. The summed E-state index contributed by atoms with van der Waals surface area (Å²) in [6, 6.07) is 6.72. The van der Waals surface area contributed by atoms with Gasteiger partial charge in [0.25, 0.3) is 5.91 Å². The van der Waals surface area contributed by atoms with Gasteiger partial charge in [-0.3, -0.25) is 4.79 Å². The van der Waals surface area contributed by atoms with Gasteiger partial charge in [0, 0.05) is 43.3 Å². The molecule has 4 nitrogen and oxygen atoms in total. The maximum absolute atomic E-state index is 12.5. The van der Waals surface area contributed by atoms with Crippen molar-refractivity contribution in [2.75, 3.05) is 14.1 Å². The molecule has 0 N–H and O–H groups in total. The monoisotopic (exact) mass is 309 g/mol. The summed E-state index contributed by atoms with van der Waals surface area (Å²) in [5.74, 6) is -0.257. The lowest BCUT2D eigenvalue weighted by Crippen LogP contribution is -2.16. The van der Waals surface area contributed by atoms with Crippen molar-refractivity contribution >= 4 is 34.7 Å². The van der Waals surface area contributed by atoms with E-state index in [2.05, 4.69) is 5.10 Å². The van der Waals surface area contributed by atoms with Crippen LogP contribution in [0.3, 0.4) is 0 Å². The van der Waals surface area contributed by atoms with Crippen LogP contribution in [-0.2, 0) is 0 Å². The Morgan fingerprint density at radius 1 is 1.35 bits per heavy atom. The highest BCUT2D eigenvalue weighted by molar-refractivity contribution is 6.37. The molecule has 0 atom stereocenters. The van der Waals surface area contributed by atoms with Crippen molar-refractivity contribution in [3.05, 3.63) is 58.5 Å². The largest absolute Gasteiger partial charge is 0.383 e. The Balaban J connectivity index is 2.51. The molecule has 1 aromatic carbocycles. The van der Waals surface area contributed by atoms with E-state index in [0.717, 1.165) is 0 Å². The Morgan fingerprint density at radius 3 is 2.65 bits per heavy atom. The number of benzene rings is 1. The molecule has 2 rings (SSSR count). The predicted molar refractivity (Wildman–Crippen MR) is 81.0 cm³/mol. The first-order valence-corrected chi connectivity index (χ1v) is 6.62. The summed E-state index contributed by atoms with van der Waals surface area (Å²) in [4.78, 5) is 14.3. The van der Waals surface area contributed by atoms with Crippen LogP contribution in [0.5, 0.6) is 0 Å². The second-order valence-electron chi connectivity index (χ2n) is 4.39.